The van der Waals surface area contributed by atoms with Gasteiger partial charge in [-0.05, 0) is 22.0 Å². The van der Waals surface area contributed by atoms with Crippen LogP contribution >= 0.6 is 27.5 Å². The lowest BCUT2D eigenvalue weighted by molar-refractivity contribution is 0.523. The highest BCUT2D eigenvalue weighted by atomic mass is 79.9. The summed E-state index contributed by atoms with van der Waals surface area (Å²) in [6.07, 6.45) is 0. The van der Waals surface area contributed by atoms with Crippen LogP contribution in [0.3, 0.4) is 0 Å². The van der Waals surface area contributed by atoms with E-state index >= 15 is 0 Å². The van der Waals surface area contributed by atoms with Crippen molar-refractivity contribution in [2.24, 2.45) is 0 Å². The first-order valence-electron chi connectivity index (χ1n) is 5.14. The van der Waals surface area contributed by atoms with Crippen molar-refractivity contribution in [1.82, 2.24) is 0 Å². The molecule has 0 aliphatic carbocycles. The van der Waals surface area contributed by atoms with Crippen LogP contribution in [-0.2, 0) is 0 Å². The fraction of sp³-hybridized carbons (Fsp3) is 0.0769. The van der Waals surface area contributed by atoms with Crippen molar-refractivity contribution in [3.63, 3.8) is 0 Å². The van der Waals surface area contributed by atoms with E-state index in [0.717, 1.165) is 0 Å². The second-order valence-electron chi connectivity index (χ2n) is 3.79. The minimum Gasteiger partial charge on any atom is -0.207 e. The minimum absolute atomic E-state index is 0.0968. The van der Waals surface area contributed by atoms with Crippen molar-refractivity contribution >= 4 is 27.5 Å². The van der Waals surface area contributed by atoms with Crippen LogP contribution < -0.4 is 0 Å². The molecular formula is C13H6BrClF4. The average Bonchev–Trinajstić information content (AvgIpc) is 2.31. The topological polar surface area (TPSA) is 0 Å². The normalized spacial score (nSPS) is 12.5. The number of rotatable bonds is 2. The van der Waals surface area contributed by atoms with Gasteiger partial charge in [-0.2, -0.15) is 0 Å². The summed E-state index contributed by atoms with van der Waals surface area (Å²) in [5, 5.41) is -1.39. The van der Waals surface area contributed by atoms with Crippen LogP contribution in [0.25, 0.3) is 0 Å². The van der Waals surface area contributed by atoms with Crippen LogP contribution in [0.5, 0.6) is 0 Å². The zero-order chi connectivity index (χ0) is 14.2. The van der Waals surface area contributed by atoms with Crippen LogP contribution in [0.4, 0.5) is 17.6 Å². The Balaban J connectivity index is 2.56. The van der Waals surface area contributed by atoms with E-state index in [1.54, 1.807) is 0 Å². The summed E-state index contributed by atoms with van der Waals surface area (Å²) in [5.41, 5.74) is -0.680. The number of benzene rings is 2. The molecule has 0 amide bonds. The van der Waals surface area contributed by atoms with E-state index in [4.69, 9.17) is 11.6 Å². The Labute approximate surface area is 120 Å². The number of hydrogen-bond donors (Lipinski definition) is 0. The first-order valence-corrected chi connectivity index (χ1v) is 6.37. The summed E-state index contributed by atoms with van der Waals surface area (Å²) < 4.78 is 53.9. The maximum atomic E-state index is 13.8. The van der Waals surface area contributed by atoms with Gasteiger partial charge in [0.05, 0.1) is 9.85 Å². The van der Waals surface area contributed by atoms with Gasteiger partial charge in [-0.15, -0.1) is 11.6 Å². The molecule has 0 aliphatic heterocycles. The first-order chi connectivity index (χ1) is 8.91. The second kappa shape index (κ2) is 5.51. The van der Waals surface area contributed by atoms with Crippen LogP contribution in [0.1, 0.15) is 16.5 Å². The Morgan fingerprint density at radius 1 is 1.00 bits per heavy atom. The van der Waals surface area contributed by atoms with Crippen molar-refractivity contribution in [2.75, 3.05) is 0 Å². The van der Waals surface area contributed by atoms with Crippen molar-refractivity contribution < 1.29 is 17.6 Å². The van der Waals surface area contributed by atoms with E-state index in [9.17, 15) is 17.6 Å². The molecule has 0 spiro atoms. The molecule has 1 atom stereocenters. The molecule has 0 bridgehead atoms. The van der Waals surface area contributed by atoms with Gasteiger partial charge in [0.25, 0.3) is 0 Å². The van der Waals surface area contributed by atoms with Gasteiger partial charge in [-0.25, -0.2) is 17.6 Å². The molecule has 0 saturated heterocycles. The molecule has 6 heteroatoms. The van der Waals surface area contributed by atoms with E-state index in [0.29, 0.717) is 12.1 Å². The summed E-state index contributed by atoms with van der Waals surface area (Å²) in [7, 11) is 0. The van der Waals surface area contributed by atoms with Crippen molar-refractivity contribution in [2.45, 2.75) is 5.38 Å². The quantitative estimate of drug-likeness (QED) is 0.505. The van der Waals surface area contributed by atoms with Gasteiger partial charge in [-0.3, -0.25) is 0 Å². The average molecular weight is 354 g/mol. The van der Waals surface area contributed by atoms with E-state index in [1.807, 2.05) is 0 Å². The van der Waals surface area contributed by atoms with E-state index in [-0.39, 0.29) is 10.0 Å². The van der Waals surface area contributed by atoms with Gasteiger partial charge in [0.1, 0.15) is 23.3 Å². The summed E-state index contributed by atoms with van der Waals surface area (Å²) >= 11 is 8.86. The molecule has 0 saturated carbocycles. The van der Waals surface area contributed by atoms with Gasteiger partial charge >= 0.3 is 0 Å². The Morgan fingerprint density at radius 2 is 1.58 bits per heavy atom. The Kier molecular flexibility index (Phi) is 4.16. The highest BCUT2D eigenvalue weighted by Gasteiger charge is 2.24. The van der Waals surface area contributed by atoms with Gasteiger partial charge in [0.2, 0.25) is 0 Å². The van der Waals surface area contributed by atoms with Crippen molar-refractivity contribution in [3.8, 4) is 0 Å². The van der Waals surface area contributed by atoms with Crippen LogP contribution in [-0.4, -0.2) is 0 Å². The van der Waals surface area contributed by atoms with Gasteiger partial charge in [-0.1, -0.05) is 12.1 Å². The molecule has 2 aromatic rings. The van der Waals surface area contributed by atoms with Gasteiger partial charge in [0, 0.05) is 23.3 Å². The lowest BCUT2D eigenvalue weighted by Gasteiger charge is -2.14. The molecule has 100 valence electrons. The Bertz CT molecular complexity index is 607. The van der Waals surface area contributed by atoms with Crippen molar-refractivity contribution in [1.29, 1.82) is 0 Å². The molecule has 0 aliphatic rings. The number of hydrogen-bond acceptors (Lipinski definition) is 0. The zero-order valence-corrected chi connectivity index (χ0v) is 11.6. The summed E-state index contributed by atoms with van der Waals surface area (Å²) in [6, 6.07) is 5.23. The molecule has 2 rings (SSSR count). The molecule has 1 unspecified atom stereocenters. The summed E-state index contributed by atoms with van der Waals surface area (Å²) in [4.78, 5) is 0. The molecule has 0 fully saturated rings. The van der Waals surface area contributed by atoms with Crippen LogP contribution in [0.2, 0.25) is 0 Å². The zero-order valence-electron chi connectivity index (χ0n) is 9.23. The molecule has 0 N–H and O–H groups in total. The number of alkyl halides is 1. The Hall–Kier alpha value is -1.07. The standard InChI is InChI=1S/C13H6BrClF4/c14-8-3-1-2-7(13(8)19)12(15)11-9(17)4-6(16)5-10(11)18/h1-5,12H. The SMILES string of the molecule is Fc1cc(F)c(C(Cl)c2cccc(Br)c2F)c(F)c1. The van der Waals surface area contributed by atoms with Crippen LogP contribution in [0.15, 0.2) is 34.8 Å². The highest BCUT2D eigenvalue weighted by molar-refractivity contribution is 9.10. The molecule has 0 heterocycles. The van der Waals surface area contributed by atoms with E-state index < -0.39 is 34.2 Å². The molecule has 0 radical (unpaired) electrons. The van der Waals surface area contributed by atoms with Crippen molar-refractivity contribution in [3.05, 3.63) is 69.2 Å². The van der Waals surface area contributed by atoms with E-state index in [1.165, 1.54) is 18.2 Å². The molecule has 0 aromatic heterocycles. The summed E-state index contributed by atoms with van der Waals surface area (Å²) in [5.74, 6) is -4.09. The molecule has 19 heavy (non-hydrogen) atoms. The maximum absolute atomic E-state index is 13.8. The molecular weight excluding hydrogens is 347 g/mol. The third-order valence-electron chi connectivity index (χ3n) is 2.55. The summed E-state index contributed by atoms with van der Waals surface area (Å²) in [6.45, 7) is 0. The third-order valence-corrected chi connectivity index (χ3v) is 3.62. The fourth-order valence-corrected chi connectivity index (χ4v) is 2.43. The minimum atomic E-state index is -1.39. The number of halogens is 6. The maximum Gasteiger partial charge on any atom is 0.142 e. The van der Waals surface area contributed by atoms with E-state index in [2.05, 4.69) is 15.9 Å². The predicted octanol–water partition coefficient (Wildman–Crippen LogP) is 5.33. The smallest absolute Gasteiger partial charge is 0.142 e. The molecule has 2 aromatic carbocycles. The first kappa shape index (κ1) is 14.3. The second-order valence-corrected chi connectivity index (χ2v) is 5.08. The van der Waals surface area contributed by atoms with Gasteiger partial charge < -0.3 is 0 Å². The van der Waals surface area contributed by atoms with Gasteiger partial charge in [0.15, 0.2) is 0 Å². The lowest BCUT2D eigenvalue weighted by atomic mass is 10.0. The monoisotopic (exact) mass is 352 g/mol. The predicted molar refractivity (Wildman–Crippen MR) is 68.1 cm³/mol. The fourth-order valence-electron chi connectivity index (χ4n) is 1.67. The lowest BCUT2D eigenvalue weighted by Crippen LogP contribution is -2.04. The molecule has 0 nitrogen and oxygen atoms in total. The van der Waals surface area contributed by atoms with Crippen LogP contribution in [0, 0.1) is 23.3 Å². The highest BCUT2D eigenvalue weighted by Crippen LogP contribution is 2.36. The largest absolute Gasteiger partial charge is 0.207 e. The third kappa shape index (κ3) is 2.77. The Morgan fingerprint density at radius 3 is 2.16 bits per heavy atom.